The Morgan fingerprint density at radius 3 is 3.00 bits per heavy atom. The number of benzene rings is 1. The zero-order valence-electron chi connectivity index (χ0n) is 12.8. The van der Waals surface area contributed by atoms with Crippen LogP contribution in [0, 0.1) is 11.8 Å². The van der Waals surface area contributed by atoms with Gasteiger partial charge in [0.2, 0.25) is 5.91 Å². The van der Waals surface area contributed by atoms with Gasteiger partial charge in [0.25, 0.3) is 0 Å². The molecule has 0 radical (unpaired) electrons. The average Bonchev–Trinajstić information content (AvgIpc) is 3.23. The third-order valence-corrected chi connectivity index (χ3v) is 5.22. The Kier molecular flexibility index (Phi) is 3.76. The molecule has 1 aliphatic carbocycles. The Bertz CT molecular complexity index is 557. The van der Waals surface area contributed by atoms with Crippen molar-refractivity contribution in [1.82, 2.24) is 10.8 Å². The number of carbonyl (C=O) groups excluding carboxylic acids is 1. The number of rotatable bonds is 3. The number of hydrogen-bond donors (Lipinski definition) is 2. The highest BCUT2D eigenvalue weighted by Crippen LogP contribution is 2.39. The van der Waals surface area contributed by atoms with E-state index in [1.165, 1.54) is 24.1 Å². The lowest BCUT2D eigenvalue weighted by Gasteiger charge is -2.37. The van der Waals surface area contributed by atoms with Gasteiger partial charge in [-0.05, 0) is 24.5 Å². The van der Waals surface area contributed by atoms with Crippen LogP contribution in [0.2, 0.25) is 0 Å². The number of carbonyl (C=O) groups is 1. The smallest absolute Gasteiger partial charge is 0.224 e. The lowest BCUT2D eigenvalue weighted by atomic mass is 9.89. The summed E-state index contributed by atoms with van der Waals surface area (Å²) in [5.41, 5.74) is 5.60. The van der Waals surface area contributed by atoms with Crippen molar-refractivity contribution in [2.45, 2.75) is 31.7 Å². The second kappa shape index (κ2) is 5.89. The van der Waals surface area contributed by atoms with E-state index in [-0.39, 0.29) is 17.9 Å². The molecule has 22 heavy (non-hydrogen) atoms. The summed E-state index contributed by atoms with van der Waals surface area (Å²) in [5.74, 6) is 0.889. The van der Waals surface area contributed by atoms with Crippen LogP contribution in [0.25, 0.3) is 0 Å². The van der Waals surface area contributed by atoms with Crippen molar-refractivity contribution in [3.05, 3.63) is 29.8 Å². The maximum atomic E-state index is 12.3. The van der Waals surface area contributed by atoms with Gasteiger partial charge in [-0.1, -0.05) is 31.0 Å². The van der Waals surface area contributed by atoms with Crippen LogP contribution >= 0.6 is 0 Å². The molecule has 2 aliphatic heterocycles. The summed E-state index contributed by atoms with van der Waals surface area (Å²) in [7, 11) is 0. The van der Waals surface area contributed by atoms with E-state index < -0.39 is 0 Å². The van der Waals surface area contributed by atoms with E-state index in [1.54, 1.807) is 0 Å². The minimum absolute atomic E-state index is 0.220. The molecule has 1 amide bonds. The van der Waals surface area contributed by atoms with Crippen LogP contribution in [0.3, 0.4) is 0 Å². The first-order chi connectivity index (χ1) is 10.8. The number of para-hydroxylation sites is 1. The maximum Gasteiger partial charge on any atom is 0.224 e. The molecule has 1 aromatic carbocycles. The van der Waals surface area contributed by atoms with Gasteiger partial charge in [0, 0.05) is 24.1 Å². The third-order valence-electron chi connectivity index (χ3n) is 5.22. The topological polar surface area (TPSA) is 53.6 Å². The zero-order chi connectivity index (χ0) is 14.9. The van der Waals surface area contributed by atoms with E-state index in [0.717, 1.165) is 26.0 Å². The molecule has 1 saturated carbocycles. The SMILES string of the molecule is O=C(NCN1CC2CONC2c2ccccc21)C1CCCC1. The Hall–Kier alpha value is -1.59. The quantitative estimate of drug-likeness (QED) is 0.896. The highest BCUT2D eigenvalue weighted by Gasteiger charge is 2.37. The minimum atomic E-state index is 0.220. The summed E-state index contributed by atoms with van der Waals surface area (Å²) in [6, 6.07) is 8.68. The molecule has 0 bridgehead atoms. The fourth-order valence-corrected chi connectivity index (χ4v) is 3.99. The summed E-state index contributed by atoms with van der Waals surface area (Å²) in [6.45, 7) is 2.24. The second-order valence-electron chi connectivity index (χ2n) is 6.63. The number of anilines is 1. The molecule has 2 atom stereocenters. The van der Waals surface area contributed by atoms with Crippen molar-refractivity contribution >= 4 is 11.6 Å². The van der Waals surface area contributed by atoms with Gasteiger partial charge in [0.1, 0.15) is 0 Å². The number of hydrogen-bond acceptors (Lipinski definition) is 4. The Morgan fingerprint density at radius 1 is 1.32 bits per heavy atom. The lowest BCUT2D eigenvalue weighted by Crippen LogP contribution is -2.46. The molecular formula is C17H23N3O2. The summed E-state index contributed by atoms with van der Waals surface area (Å²) in [6.07, 6.45) is 4.48. The standard InChI is InChI=1S/C17H23N3O2/c21-17(12-5-1-2-6-12)18-11-20-9-13-10-22-19-16(13)14-7-3-4-8-15(14)20/h3-4,7-8,12-13,16,19H,1-2,5-6,9-11H2,(H,18,21). The first kappa shape index (κ1) is 14.0. The zero-order valence-corrected chi connectivity index (χ0v) is 12.8. The fourth-order valence-electron chi connectivity index (χ4n) is 3.99. The van der Waals surface area contributed by atoms with Gasteiger partial charge >= 0.3 is 0 Å². The van der Waals surface area contributed by atoms with Crippen LogP contribution < -0.4 is 15.7 Å². The van der Waals surface area contributed by atoms with Crippen LogP contribution in [-0.2, 0) is 9.63 Å². The summed E-state index contributed by atoms with van der Waals surface area (Å²) in [4.78, 5) is 20.0. The monoisotopic (exact) mass is 301 g/mol. The molecule has 0 spiro atoms. The average molecular weight is 301 g/mol. The van der Waals surface area contributed by atoms with E-state index >= 15 is 0 Å². The van der Waals surface area contributed by atoms with Crippen LogP contribution in [0.5, 0.6) is 0 Å². The highest BCUT2D eigenvalue weighted by atomic mass is 16.7. The maximum absolute atomic E-state index is 12.3. The number of amides is 1. The molecule has 118 valence electrons. The van der Waals surface area contributed by atoms with E-state index in [2.05, 4.69) is 40.0 Å². The molecular weight excluding hydrogens is 278 g/mol. The number of nitrogens with one attached hydrogen (secondary N) is 2. The van der Waals surface area contributed by atoms with Crippen molar-refractivity contribution in [2.24, 2.45) is 11.8 Å². The van der Waals surface area contributed by atoms with Crippen molar-refractivity contribution in [2.75, 3.05) is 24.7 Å². The molecule has 3 aliphatic rings. The van der Waals surface area contributed by atoms with Crippen molar-refractivity contribution in [3.63, 3.8) is 0 Å². The first-order valence-corrected chi connectivity index (χ1v) is 8.32. The molecule has 2 fully saturated rings. The fraction of sp³-hybridized carbons (Fsp3) is 0.588. The largest absolute Gasteiger partial charge is 0.353 e. The van der Waals surface area contributed by atoms with Gasteiger partial charge in [-0.3, -0.25) is 4.79 Å². The van der Waals surface area contributed by atoms with Crippen molar-refractivity contribution < 1.29 is 9.63 Å². The molecule has 2 heterocycles. The van der Waals surface area contributed by atoms with Crippen LogP contribution in [0.4, 0.5) is 5.69 Å². The van der Waals surface area contributed by atoms with E-state index in [1.807, 2.05) is 0 Å². The molecule has 5 heteroatoms. The van der Waals surface area contributed by atoms with Crippen LogP contribution in [0.1, 0.15) is 37.3 Å². The van der Waals surface area contributed by atoms with Gasteiger partial charge in [-0.15, -0.1) is 0 Å². The number of fused-ring (bicyclic) bond motifs is 3. The molecule has 0 aromatic heterocycles. The Balaban J connectivity index is 1.47. The second-order valence-corrected chi connectivity index (χ2v) is 6.63. The van der Waals surface area contributed by atoms with Gasteiger partial charge in [0.15, 0.2) is 0 Å². The molecule has 2 N–H and O–H groups in total. The number of nitrogens with zero attached hydrogens (tertiary/aromatic N) is 1. The predicted molar refractivity (Wildman–Crippen MR) is 84.1 cm³/mol. The Labute approximate surface area is 131 Å². The van der Waals surface area contributed by atoms with E-state index in [4.69, 9.17) is 4.84 Å². The summed E-state index contributed by atoms with van der Waals surface area (Å²) in [5, 5.41) is 3.14. The number of hydroxylamine groups is 1. The van der Waals surface area contributed by atoms with E-state index in [9.17, 15) is 4.79 Å². The van der Waals surface area contributed by atoms with Gasteiger partial charge < -0.3 is 15.1 Å². The third kappa shape index (κ3) is 2.48. The predicted octanol–water partition coefficient (Wildman–Crippen LogP) is 1.96. The molecule has 4 rings (SSSR count). The van der Waals surface area contributed by atoms with Crippen LogP contribution in [0.15, 0.2) is 24.3 Å². The first-order valence-electron chi connectivity index (χ1n) is 8.32. The lowest BCUT2D eigenvalue weighted by molar-refractivity contribution is -0.124. The van der Waals surface area contributed by atoms with E-state index in [0.29, 0.717) is 12.6 Å². The normalized spacial score (nSPS) is 27.5. The van der Waals surface area contributed by atoms with Gasteiger partial charge in [0.05, 0.1) is 19.3 Å². The molecule has 1 saturated heterocycles. The van der Waals surface area contributed by atoms with Crippen LogP contribution in [-0.4, -0.2) is 25.7 Å². The van der Waals surface area contributed by atoms with Gasteiger partial charge in [-0.25, -0.2) is 0 Å². The molecule has 2 unspecified atom stereocenters. The van der Waals surface area contributed by atoms with Gasteiger partial charge in [-0.2, -0.15) is 5.48 Å². The van der Waals surface area contributed by atoms with Crippen molar-refractivity contribution in [1.29, 1.82) is 0 Å². The summed E-state index contributed by atoms with van der Waals surface area (Å²) >= 11 is 0. The van der Waals surface area contributed by atoms with Crippen molar-refractivity contribution in [3.8, 4) is 0 Å². The highest BCUT2D eigenvalue weighted by molar-refractivity contribution is 5.79. The molecule has 1 aromatic rings. The minimum Gasteiger partial charge on any atom is -0.353 e. The summed E-state index contributed by atoms with van der Waals surface area (Å²) < 4.78 is 0. The Morgan fingerprint density at radius 2 is 2.14 bits per heavy atom. The molecule has 5 nitrogen and oxygen atoms in total.